The van der Waals surface area contributed by atoms with Crippen molar-refractivity contribution in [3.8, 4) is 0 Å². The van der Waals surface area contributed by atoms with E-state index in [9.17, 15) is 0 Å². The number of imidazole rings is 1. The number of nitrogens with one attached hydrogen (secondary N) is 1. The third kappa shape index (κ3) is 1.96. The monoisotopic (exact) mass is 220 g/mol. The molecule has 0 aliphatic carbocycles. The number of aromatic nitrogens is 5. The van der Waals surface area contributed by atoms with Gasteiger partial charge in [-0.15, -0.1) is 10.2 Å². The Bertz CT molecular complexity index is 469. The molecule has 2 aromatic rings. The van der Waals surface area contributed by atoms with Crippen molar-refractivity contribution >= 4 is 0 Å². The van der Waals surface area contributed by atoms with E-state index >= 15 is 0 Å². The summed E-state index contributed by atoms with van der Waals surface area (Å²) in [4.78, 5) is 4.28. The lowest BCUT2D eigenvalue weighted by molar-refractivity contribution is 0.633. The molecule has 2 aromatic heterocycles. The van der Waals surface area contributed by atoms with Crippen LogP contribution in [0.25, 0.3) is 0 Å². The first kappa shape index (κ1) is 10.8. The minimum Gasteiger partial charge on any atom is -0.326 e. The highest BCUT2D eigenvalue weighted by molar-refractivity contribution is 4.99. The molecular weight excluding hydrogens is 204 g/mol. The molecule has 0 fully saturated rings. The SMILES string of the molecule is CNCc1nccn1Cc1nnc(C)n1C. The van der Waals surface area contributed by atoms with Crippen LogP contribution < -0.4 is 5.32 Å². The molecule has 6 nitrogen and oxygen atoms in total. The molecule has 6 heteroatoms. The van der Waals surface area contributed by atoms with Crippen molar-refractivity contribution < 1.29 is 0 Å². The molecule has 16 heavy (non-hydrogen) atoms. The molecule has 86 valence electrons. The van der Waals surface area contributed by atoms with E-state index in [2.05, 4.69) is 25.1 Å². The topological polar surface area (TPSA) is 60.6 Å². The fraction of sp³-hybridized carbons (Fsp3) is 0.500. The summed E-state index contributed by atoms with van der Waals surface area (Å²) in [5.74, 6) is 2.86. The summed E-state index contributed by atoms with van der Waals surface area (Å²) in [5, 5.41) is 11.3. The molecule has 2 heterocycles. The molecule has 1 N–H and O–H groups in total. The Morgan fingerprint density at radius 2 is 2.12 bits per heavy atom. The van der Waals surface area contributed by atoms with E-state index in [0.29, 0.717) is 6.54 Å². The highest BCUT2D eigenvalue weighted by Crippen LogP contribution is 2.04. The molecular formula is C10H16N6. The van der Waals surface area contributed by atoms with E-state index in [4.69, 9.17) is 0 Å². The van der Waals surface area contributed by atoms with Crippen LogP contribution in [0.4, 0.5) is 0 Å². The van der Waals surface area contributed by atoms with Gasteiger partial charge in [-0.05, 0) is 14.0 Å². The fourth-order valence-corrected chi connectivity index (χ4v) is 1.55. The van der Waals surface area contributed by atoms with Gasteiger partial charge in [0.25, 0.3) is 0 Å². The lowest BCUT2D eigenvalue weighted by atomic mass is 10.5. The van der Waals surface area contributed by atoms with E-state index in [1.807, 2.05) is 31.8 Å². The highest BCUT2D eigenvalue weighted by atomic mass is 15.3. The second-order valence-electron chi connectivity index (χ2n) is 3.72. The van der Waals surface area contributed by atoms with Crippen LogP contribution in [0.2, 0.25) is 0 Å². The second-order valence-corrected chi connectivity index (χ2v) is 3.72. The molecule has 0 aliphatic heterocycles. The third-order valence-electron chi connectivity index (χ3n) is 2.63. The summed E-state index contributed by atoms with van der Waals surface area (Å²) in [7, 11) is 3.88. The molecule has 0 aliphatic rings. The summed E-state index contributed by atoms with van der Waals surface area (Å²) in [5.41, 5.74) is 0. The Morgan fingerprint density at radius 1 is 1.31 bits per heavy atom. The smallest absolute Gasteiger partial charge is 0.152 e. The first-order valence-corrected chi connectivity index (χ1v) is 5.22. The zero-order valence-corrected chi connectivity index (χ0v) is 9.80. The Labute approximate surface area is 94.3 Å². The van der Waals surface area contributed by atoms with E-state index in [1.165, 1.54) is 0 Å². The Balaban J connectivity index is 2.20. The van der Waals surface area contributed by atoms with Gasteiger partial charge in [0.15, 0.2) is 5.82 Å². The van der Waals surface area contributed by atoms with Crippen LogP contribution >= 0.6 is 0 Å². The Hall–Kier alpha value is -1.69. The minimum absolute atomic E-state index is 0.703. The number of hydrogen-bond donors (Lipinski definition) is 1. The molecule has 0 spiro atoms. The van der Waals surface area contributed by atoms with Crippen LogP contribution in [0.1, 0.15) is 17.5 Å². The van der Waals surface area contributed by atoms with Gasteiger partial charge in [-0.1, -0.05) is 0 Å². The average molecular weight is 220 g/mol. The van der Waals surface area contributed by atoms with Crippen LogP contribution in [0, 0.1) is 6.92 Å². The third-order valence-corrected chi connectivity index (χ3v) is 2.63. The molecule has 0 unspecified atom stereocenters. The van der Waals surface area contributed by atoms with Gasteiger partial charge in [-0.25, -0.2) is 4.98 Å². The summed E-state index contributed by atoms with van der Waals surface area (Å²) >= 11 is 0. The fourth-order valence-electron chi connectivity index (χ4n) is 1.55. The Kier molecular flexibility index (Phi) is 3.00. The van der Waals surface area contributed by atoms with Crippen LogP contribution in [0.5, 0.6) is 0 Å². The standard InChI is InChI=1S/C10H16N6/c1-8-13-14-10(15(8)3)7-16-5-4-12-9(16)6-11-2/h4-5,11H,6-7H2,1-3H3. The molecule has 0 atom stereocenters. The molecule has 0 saturated heterocycles. The zero-order chi connectivity index (χ0) is 11.5. The van der Waals surface area contributed by atoms with Crippen LogP contribution in [0.15, 0.2) is 12.4 Å². The maximum Gasteiger partial charge on any atom is 0.152 e. The van der Waals surface area contributed by atoms with Gasteiger partial charge in [-0.2, -0.15) is 0 Å². The van der Waals surface area contributed by atoms with Crippen molar-refractivity contribution in [1.82, 2.24) is 29.6 Å². The summed E-state index contributed by atoms with van der Waals surface area (Å²) in [6, 6.07) is 0. The van der Waals surface area contributed by atoms with Gasteiger partial charge in [0.05, 0.1) is 13.1 Å². The van der Waals surface area contributed by atoms with Crippen molar-refractivity contribution in [2.45, 2.75) is 20.0 Å². The molecule has 0 amide bonds. The number of rotatable bonds is 4. The largest absolute Gasteiger partial charge is 0.326 e. The predicted molar refractivity (Wildman–Crippen MR) is 59.8 cm³/mol. The van der Waals surface area contributed by atoms with Crippen LogP contribution in [-0.2, 0) is 20.1 Å². The molecule has 0 aromatic carbocycles. The zero-order valence-electron chi connectivity index (χ0n) is 9.80. The lowest BCUT2D eigenvalue weighted by Crippen LogP contribution is -2.14. The first-order valence-electron chi connectivity index (χ1n) is 5.22. The van der Waals surface area contributed by atoms with Crippen molar-refractivity contribution in [3.05, 3.63) is 29.9 Å². The van der Waals surface area contributed by atoms with Gasteiger partial charge < -0.3 is 14.5 Å². The number of hydrogen-bond acceptors (Lipinski definition) is 4. The maximum absolute atomic E-state index is 4.28. The van der Waals surface area contributed by atoms with Crippen molar-refractivity contribution in [3.63, 3.8) is 0 Å². The van der Waals surface area contributed by atoms with Crippen molar-refractivity contribution in [1.29, 1.82) is 0 Å². The molecule has 0 bridgehead atoms. The summed E-state index contributed by atoms with van der Waals surface area (Å²) < 4.78 is 4.06. The summed E-state index contributed by atoms with van der Waals surface area (Å²) in [6.45, 7) is 3.40. The van der Waals surface area contributed by atoms with Gasteiger partial charge in [0.2, 0.25) is 0 Å². The molecule has 0 saturated carbocycles. The maximum atomic E-state index is 4.28. The number of nitrogens with zero attached hydrogens (tertiary/aromatic N) is 5. The number of aryl methyl sites for hydroxylation is 1. The molecule has 0 radical (unpaired) electrons. The molecule has 2 rings (SSSR count). The summed E-state index contributed by atoms with van der Waals surface area (Å²) in [6.07, 6.45) is 3.76. The average Bonchev–Trinajstić information content (AvgIpc) is 2.82. The van der Waals surface area contributed by atoms with Crippen LogP contribution in [0.3, 0.4) is 0 Å². The van der Waals surface area contributed by atoms with Gasteiger partial charge >= 0.3 is 0 Å². The second kappa shape index (κ2) is 4.44. The predicted octanol–water partition coefficient (Wildman–Crippen LogP) is 0.0877. The highest BCUT2D eigenvalue weighted by Gasteiger charge is 2.08. The minimum atomic E-state index is 0.703. The van der Waals surface area contributed by atoms with Gasteiger partial charge in [0.1, 0.15) is 11.6 Å². The van der Waals surface area contributed by atoms with E-state index < -0.39 is 0 Å². The normalized spacial score (nSPS) is 10.9. The van der Waals surface area contributed by atoms with Gasteiger partial charge in [0, 0.05) is 19.4 Å². The van der Waals surface area contributed by atoms with E-state index in [0.717, 1.165) is 24.0 Å². The van der Waals surface area contributed by atoms with E-state index in [-0.39, 0.29) is 0 Å². The first-order chi connectivity index (χ1) is 7.72. The van der Waals surface area contributed by atoms with Gasteiger partial charge in [-0.3, -0.25) is 0 Å². The lowest BCUT2D eigenvalue weighted by Gasteiger charge is -2.07. The van der Waals surface area contributed by atoms with E-state index in [1.54, 1.807) is 6.20 Å². The van der Waals surface area contributed by atoms with Crippen molar-refractivity contribution in [2.24, 2.45) is 7.05 Å². The van der Waals surface area contributed by atoms with Crippen molar-refractivity contribution in [2.75, 3.05) is 7.05 Å². The quantitative estimate of drug-likeness (QED) is 0.793. The van der Waals surface area contributed by atoms with Crippen LogP contribution in [-0.4, -0.2) is 31.4 Å². The Morgan fingerprint density at radius 3 is 2.75 bits per heavy atom.